The summed E-state index contributed by atoms with van der Waals surface area (Å²) in [6.45, 7) is 0.562. The molecule has 40 valence electrons. The standard InChI is InChI=1S/C4H7NO2/c5-3-1-2-7-4(3)6/h3H,1-2,5H2/p+1/t3-/m0/s1. The van der Waals surface area contributed by atoms with E-state index in [0.29, 0.717) is 6.61 Å². The van der Waals surface area contributed by atoms with Crippen LogP contribution in [0.2, 0.25) is 0 Å². The molecule has 1 aliphatic rings. The van der Waals surface area contributed by atoms with Crippen molar-refractivity contribution in [1.29, 1.82) is 0 Å². The number of rotatable bonds is 0. The van der Waals surface area contributed by atoms with Crippen molar-refractivity contribution >= 4 is 5.97 Å². The predicted octanol–water partition coefficient (Wildman–Crippen LogP) is -1.46. The van der Waals surface area contributed by atoms with Gasteiger partial charge in [0.25, 0.3) is 0 Å². The second-order valence-corrected chi connectivity index (χ2v) is 1.65. The first-order valence-corrected chi connectivity index (χ1v) is 2.30. The highest BCUT2D eigenvalue weighted by atomic mass is 16.5. The molecule has 0 aliphatic carbocycles. The van der Waals surface area contributed by atoms with E-state index < -0.39 is 0 Å². The van der Waals surface area contributed by atoms with Gasteiger partial charge < -0.3 is 10.5 Å². The molecule has 0 saturated carbocycles. The van der Waals surface area contributed by atoms with E-state index in [1.165, 1.54) is 0 Å². The van der Waals surface area contributed by atoms with Gasteiger partial charge in [0.1, 0.15) is 0 Å². The zero-order valence-corrected chi connectivity index (χ0v) is 4.02. The molecule has 3 N–H and O–H groups in total. The summed E-state index contributed by atoms with van der Waals surface area (Å²) in [6.07, 6.45) is 0.791. The summed E-state index contributed by atoms with van der Waals surface area (Å²) in [5.74, 6) is -0.153. The number of carbonyl (C=O) groups is 1. The van der Waals surface area contributed by atoms with Crippen LogP contribution in [0.1, 0.15) is 6.42 Å². The average molecular weight is 102 g/mol. The lowest BCUT2D eigenvalue weighted by Crippen LogP contribution is -2.63. The molecule has 0 aromatic rings. The highest BCUT2D eigenvalue weighted by Crippen LogP contribution is 1.99. The van der Waals surface area contributed by atoms with Gasteiger partial charge in [0.05, 0.1) is 6.61 Å². The molecule has 0 amide bonds. The van der Waals surface area contributed by atoms with E-state index in [4.69, 9.17) is 0 Å². The fraction of sp³-hybridized carbons (Fsp3) is 0.750. The van der Waals surface area contributed by atoms with Crippen LogP contribution in [-0.2, 0) is 9.53 Å². The van der Waals surface area contributed by atoms with Crippen molar-refractivity contribution in [2.24, 2.45) is 0 Å². The molecule has 0 radical (unpaired) electrons. The van der Waals surface area contributed by atoms with E-state index in [9.17, 15) is 4.79 Å². The summed E-state index contributed by atoms with van der Waals surface area (Å²) < 4.78 is 4.56. The van der Waals surface area contributed by atoms with Crippen molar-refractivity contribution in [1.82, 2.24) is 0 Å². The summed E-state index contributed by atoms with van der Waals surface area (Å²) in [5.41, 5.74) is 3.54. The number of carbonyl (C=O) groups excluding carboxylic acids is 1. The van der Waals surface area contributed by atoms with Gasteiger partial charge in [-0.1, -0.05) is 0 Å². The van der Waals surface area contributed by atoms with Crippen LogP contribution in [0, 0.1) is 0 Å². The van der Waals surface area contributed by atoms with Crippen molar-refractivity contribution in [2.75, 3.05) is 6.61 Å². The van der Waals surface area contributed by atoms with E-state index in [1.807, 2.05) is 0 Å². The maximum Gasteiger partial charge on any atom is 0.364 e. The fourth-order valence-electron chi connectivity index (χ4n) is 0.537. The van der Waals surface area contributed by atoms with E-state index >= 15 is 0 Å². The Hall–Kier alpha value is -0.570. The number of esters is 1. The van der Waals surface area contributed by atoms with E-state index in [0.717, 1.165) is 6.42 Å². The predicted molar refractivity (Wildman–Crippen MR) is 22.3 cm³/mol. The van der Waals surface area contributed by atoms with Crippen molar-refractivity contribution < 1.29 is 15.3 Å². The second kappa shape index (κ2) is 1.50. The molecule has 3 nitrogen and oxygen atoms in total. The molecule has 1 saturated heterocycles. The highest BCUT2D eigenvalue weighted by molar-refractivity contribution is 5.75. The summed E-state index contributed by atoms with van der Waals surface area (Å²) in [4.78, 5) is 10.3. The Bertz CT molecular complexity index is 91.7. The maximum atomic E-state index is 10.3. The molecule has 3 heteroatoms. The lowest BCUT2D eigenvalue weighted by molar-refractivity contribution is -0.401. The largest absolute Gasteiger partial charge is 0.461 e. The Labute approximate surface area is 41.4 Å². The van der Waals surface area contributed by atoms with Crippen molar-refractivity contribution in [2.45, 2.75) is 12.5 Å². The SMILES string of the molecule is [NH3+][C@H]1CCOC1=O. The number of hydrogen-bond acceptors (Lipinski definition) is 2. The topological polar surface area (TPSA) is 53.9 Å². The van der Waals surface area contributed by atoms with Gasteiger partial charge in [-0.2, -0.15) is 0 Å². The molecule has 1 aliphatic heterocycles. The first-order valence-electron chi connectivity index (χ1n) is 2.30. The van der Waals surface area contributed by atoms with Gasteiger partial charge in [-0.25, -0.2) is 4.79 Å². The zero-order valence-electron chi connectivity index (χ0n) is 4.02. The average Bonchev–Trinajstić information content (AvgIpc) is 1.91. The molecule has 0 bridgehead atoms. The third kappa shape index (κ3) is 0.718. The molecule has 0 aromatic carbocycles. The zero-order chi connectivity index (χ0) is 5.28. The molecular formula is C4H8NO2+. The lowest BCUT2D eigenvalue weighted by atomic mass is 10.3. The molecule has 1 heterocycles. The van der Waals surface area contributed by atoms with Crippen molar-refractivity contribution in [3.05, 3.63) is 0 Å². The summed E-state index contributed by atoms with van der Waals surface area (Å²) >= 11 is 0. The van der Waals surface area contributed by atoms with Crippen LogP contribution in [0.3, 0.4) is 0 Å². The summed E-state index contributed by atoms with van der Waals surface area (Å²) in [5, 5.41) is 0. The normalized spacial score (nSPS) is 30.4. The van der Waals surface area contributed by atoms with Crippen molar-refractivity contribution in [3.8, 4) is 0 Å². The second-order valence-electron chi connectivity index (χ2n) is 1.65. The Morgan fingerprint density at radius 1 is 1.86 bits per heavy atom. The number of quaternary nitrogens is 1. The Kier molecular flexibility index (Phi) is 0.982. The maximum absolute atomic E-state index is 10.3. The summed E-state index contributed by atoms with van der Waals surface area (Å²) in [6, 6.07) is -0.0972. The van der Waals surface area contributed by atoms with Crippen LogP contribution in [0.15, 0.2) is 0 Å². The Morgan fingerprint density at radius 3 is 2.71 bits per heavy atom. The molecule has 1 rings (SSSR count). The van der Waals surface area contributed by atoms with E-state index in [1.54, 1.807) is 0 Å². The third-order valence-electron chi connectivity index (χ3n) is 1.04. The lowest BCUT2D eigenvalue weighted by Gasteiger charge is -1.86. The quantitative estimate of drug-likeness (QED) is 0.380. The van der Waals surface area contributed by atoms with Crippen LogP contribution < -0.4 is 5.73 Å². The molecule has 0 spiro atoms. The molecule has 0 unspecified atom stereocenters. The van der Waals surface area contributed by atoms with E-state index in [-0.39, 0.29) is 12.0 Å². The van der Waals surface area contributed by atoms with Gasteiger partial charge in [0.2, 0.25) is 0 Å². The minimum atomic E-state index is -0.153. The smallest absolute Gasteiger partial charge is 0.364 e. The van der Waals surface area contributed by atoms with Gasteiger partial charge in [-0.15, -0.1) is 0 Å². The molecule has 1 atom stereocenters. The van der Waals surface area contributed by atoms with Crippen LogP contribution >= 0.6 is 0 Å². The first-order chi connectivity index (χ1) is 3.30. The fourth-order valence-corrected chi connectivity index (χ4v) is 0.537. The van der Waals surface area contributed by atoms with Crippen molar-refractivity contribution in [3.63, 3.8) is 0 Å². The van der Waals surface area contributed by atoms with Crippen LogP contribution in [-0.4, -0.2) is 18.6 Å². The van der Waals surface area contributed by atoms with Crippen LogP contribution in [0.5, 0.6) is 0 Å². The first kappa shape index (κ1) is 4.59. The number of cyclic esters (lactones) is 1. The molecule has 1 fully saturated rings. The third-order valence-corrected chi connectivity index (χ3v) is 1.04. The minimum Gasteiger partial charge on any atom is -0.461 e. The van der Waals surface area contributed by atoms with Crippen LogP contribution in [0.25, 0.3) is 0 Å². The highest BCUT2D eigenvalue weighted by Gasteiger charge is 2.24. The van der Waals surface area contributed by atoms with Crippen LogP contribution in [0.4, 0.5) is 0 Å². The number of ether oxygens (including phenoxy) is 1. The monoisotopic (exact) mass is 102 g/mol. The van der Waals surface area contributed by atoms with Gasteiger partial charge in [0.15, 0.2) is 6.04 Å². The Morgan fingerprint density at radius 2 is 2.57 bits per heavy atom. The summed E-state index contributed by atoms with van der Waals surface area (Å²) in [7, 11) is 0. The molecular weight excluding hydrogens is 94.0 g/mol. The van der Waals surface area contributed by atoms with Gasteiger partial charge in [0, 0.05) is 6.42 Å². The van der Waals surface area contributed by atoms with Gasteiger partial charge in [-0.05, 0) is 0 Å². The Balaban J connectivity index is 2.48. The number of hydrogen-bond donors (Lipinski definition) is 1. The van der Waals surface area contributed by atoms with E-state index in [2.05, 4.69) is 10.5 Å². The van der Waals surface area contributed by atoms with Gasteiger partial charge >= 0.3 is 5.97 Å². The minimum absolute atomic E-state index is 0.0972. The molecule has 0 aromatic heterocycles. The molecule has 7 heavy (non-hydrogen) atoms. The van der Waals surface area contributed by atoms with Gasteiger partial charge in [-0.3, -0.25) is 0 Å².